The number of hydrogen-bond acceptors (Lipinski definition) is 6. The molecular weight excluding hydrogens is 354 g/mol. The number of carbonyl (C=O) groups excluding carboxylic acids is 3. The van der Waals surface area contributed by atoms with Crippen LogP contribution in [0, 0.1) is 10.1 Å². The Hall–Kier alpha value is -2.68. The van der Waals surface area contributed by atoms with Crippen molar-refractivity contribution in [3.05, 3.63) is 38.9 Å². The fourth-order valence-electron chi connectivity index (χ4n) is 1.93. The predicted octanol–water partition coefficient (Wildman–Crippen LogP) is 1.39. The molecule has 0 aliphatic rings. The van der Waals surface area contributed by atoms with Gasteiger partial charge in [-0.15, -0.1) is 0 Å². The van der Waals surface area contributed by atoms with Crippen LogP contribution in [-0.2, 0) is 14.3 Å². The maximum atomic E-state index is 12.0. The van der Waals surface area contributed by atoms with Crippen molar-refractivity contribution in [3.63, 3.8) is 0 Å². The summed E-state index contributed by atoms with van der Waals surface area (Å²) in [6.45, 7) is 3.29. The zero-order chi connectivity index (χ0) is 19.0. The monoisotopic (exact) mass is 371 g/mol. The number of hydrogen-bond donors (Lipinski definition) is 1. The second-order valence-electron chi connectivity index (χ2n) is 4.86. The predicted molar refractivity (Wildman–Crippen MR) is 89.3 cm³/mol. The van der Waals surface area contributed by atoms with E-state index in [1.54, 1.807) is 13.8 Å². The van der Waals surface area contributed by atoms with Crippen molar-refractivity contribution in [3.8, 4) is 0 Å². The van der Waals surface area contributed by atoms with E-state index in [1.807, 2.05) is 0 Å². The molecule has 0 bridgehead atoms. The highest BCUT2D eigenvalue weighted by atomic mass is 35.5. The molecule has 0 radical (unpaired) electrons. The lowest BCUT2D eigenvalue weighted by Gasteiger charge is -2.20. The first-order chi connectivity index (χ1) is 11.8. The van der Waals surface area contributed by atoms with Gasteiger partial charge in [0.1, 0.15) is 5.56 Å². The van der Waals surface area contributed by atoms with Gasteiger partial charge >= 0.3 is 5.97 Å². The molecule has 0 unspecified atom stereocenters. The normalized spacial score (nSPS) is 10.0. The minimum absolute atomic E-state index is 0.0958. The molecule has 0 fully saturated rings. The van der Waals surface area contributed by atoms with E-state index in [-0.39, 0.29) is 29.6 Å². The average Bonchev–Trinajstić information content (AvgIpc) is 2.57. The Bertz CT molecular complexity index is 679. The summed E-state index contributed by atoms with van der Waals surface area (Å²) in [7, 11) is 0. The molecule has 0 aromatic heterocycles. The van der Waals surface area contributed by atoms with Crippen LogP contribution in [0.4, 0.5) is 5.69 Å². The highest BCUT2D eigenvalue weighted by Gasteiger charge is 2.23. The molecule has 1 aromatic rings. The van der Waals surface area contributed by atoms with Gasteiger partial charge in [-0.2, -0.15) is 0 Å². The first-order valence-electron chi connectivity index (χ1n) is 7.45. The van der Waals surface area contributed by atoms with Crippen molar-refractivity contribution >= 4 is 35.1 Å². The summed E-state index contributed by atoms with van der Waals surface area (Å²) in [5.74, 6) is -1.94. The van der Waals surface area contributed by atoms with Crippen LogP contribution in [0.1, 0.15) is 24.2 Å². The van der Waals surface area contributed by atoms with Gasteiger partial charge in [0.2, 0.25) is 5.91 Å². The van der Waals surface area contributed by atoms with E-state index in [0.29, 0.717) is 6.54 Å². The van der Waals surface area contributed by atoms with Crippen molar-refractivity contribution in [2.75, 3.05) is 26.2 Å². The largest absolute Gasteiger partial charge is 0.452 e. The Kier molecular flexibility index (Phi) is 7.80. The number of nitrogens with one attached hydrogen (secondary N) is 1. The van der Waals surface area contributed by atoms with Crippen LogP contribution in [0.2, 0.25) is 5.02 Å². The number of halogens is 1. The number of esters is 1. The number of nitrogens with zero attached hydrogens (tertiary/aromatic N) is 2. The first kappa shape index (κ1) is 20.4. The molecule has 0 atom stereocenters. The number of amides is 2. The Labute approximate surface area is 149 Å². The van der Waals surface area contributed by atoms with Gasteiger partial charge in [-0.05, 0) is 26.0 Å². The second kappa shape index (κ2) is 9.58. The quantitative estimate of drug-likeness (QED) is 0.419. The first-order valence-corrected chi connectivity index (χ1v) is 7.83. The van der Waals surface area contributed by atoms with Crippen LogP contribution >= 0.6 is 11.6 Å². The molecule has 0 aliphatic heterocycles. The Balaban J connectivity index is 2.74. The molecule has 0 aliphatic carbocycles. The third kappa shape index (κ3) is 6.03. The number of ether oxygens (including phenoxy) is 1. The van der Waals surface area contributed by atoms with Crippen LogP contribution in [0.3, 0.4) is 0 Å². The van der Waals surface area contributed by atoms with Gasteiger partial charge in [-0.3, -0.25) is 19.7 Å². The number of nitro groups is 1. The van der Waals surface area contributed by atoms with E-state index in [0.717, 1.165) is 12.1 Å². The Morgan fingerprint density at radius 2 is 2.00 bits per heavy atom. The molecule has 0 saturated heterocycles. The van der Waals surface area contributed by atoms with Crippen molar-refractivity contribution in [2.45, 2.75) is 13.8 Å². The summed E-state index contributed by atoms with van der Waals surface area (Å²) >= 11 is 5.67. The second-order valence-corrected chi connectivity index (χ2v) is 5.29. The SMILES string of the molecule is CCNC(=O)CN(CC)C(=O)COC(=O)c1ccc(Cl)cc1[N+](=O)[O-]. The molecule has 1 aromatic carbocycles. The lowest BCUT2D eigenvalue weighted by molar-refractivity contribution is -0.385. The van der Waals surface area contributed by atoms with Gasteiger partial charge in [0, 0.05) is 24.2 Å². The Morgan fingerprint density at radius 3 is 2.56 bits per heavy atom. The summed E-state index contributed by atoms with van der Waals surface area (Å²) in [6.07, 6.45) is 0. The number of benzene rings is 1. The molecule has 25 heavy (non-hydrogen) atoms. The summed E-state index contributed by atoms with van der Waals surface area (Å²) in [4.78, 5) is 47.0. The standard InChI is InChI=1S/C15H18ClN3O6/c1-3-17-13(20)8-18(4-2)14(21)9-25-15(22)11-6-5-10(16)7-12(11)19(23)24/h5-7H,3-4,8-9H2,1-2H3,(H,17,20). The van der Waals surface area contributed by atoms with Crippen molar-refractivity contribution < 1.29 is 24.0 Å². The zero-order valence-corrected chi connectivity index (χ0v) is 14.5. The van der Waals surface area contributed by atoms with E-state index >= 15 is 0 Å². The molecule has 0 heterocycles. The number of likely N-dealkylation sites (N-methyl/N-ethyl adjacent to an activating group) is 2. The van der Waals surface area contributed by atoms with Crippen LogP contribution in [0.5, 0.6) is 0 Å². The summed E-state index contributed by atoms with van der Waals surface area (Å²) < 4.78 is 4.84. The van der Waals surface area contributed by atoms with Gasteiger partial charge in [-0.25, -0.2) is 4.79 Å². The average molecular weight is 372 g/mol. The molecule has 0 saturated carbocycles. The molecular formula is C15H18ClN3O6. The van der Waals surface area contributed by atoms with E-state index in [2.05, 4.69) is 5.32 Å². The van der Waals surface area contributed by atoms with Crippen LogP contribution < -0.4 is 5.32 Å². The molecule has 136 valence electrons. The fourth-order valence-corrected chi connectivity index (χ4v) is 2.09. The third-order valence-corrected chi connectivity index (χ3v) is 3.38. The van der Waals surface area contributed by atoms with Crippen molar-refractivity contribution in [2.24, 2.45) is 0 Å². The smallest absolute Gasteiger partial charge is 0.345 e. The van der Waals surface area contributed by atoms with Crippen molar-refractivity contribution in [1.82, 2.24) is 10.2 Å². The molecule has 10 heteroatoms. The van der Waals surface area contributed by atoms with Gasteiger partial charge in [0.25, 0.3) is 11.6 Å². The zero-order valence-electron chi connectivity index (χ0n) is 13.8. The molecule has 9 nitrogen and oxygen atoms in total. The lowest BCUT2D eigenvalue weighted by Crippen LogP contribution is -2.42. The number of nitro benzene ring substituents is 1. The van der Waals surface area contributed by atoms with E-state index in [1.165, 1.54) is 11.0 Å². The Morgan fingerprint density at radius 1 is 1.32 bits per heavy atom. The molecule has 1 N–H and O–H groups in total. The fraction of sp³-hybridized carbons (Fsp3) is 0.400. The van der Waals surface area contributed by atoms with Gasteiger partial charge in [0.15, 0.2) is 6.61 Å². The minimum atomic E-state index is -1.02. The van der Waals surface area contributed by atoms with E-state index < -0.39 is 29.1 Å². The van der Waals surface area contributed by atoms with E-state index in [9.17, 15) is 24.5 Å². The van der Waals surface area contributed by atoms with Crippen LogP contribution in [0.15, 0.2) is 18.2 Å². The lowest BCUT2D eigenvalue weighted by atomic mass is 10.2. The molecule has 0 spiro atoms. The summed E-state index contributed by atoms with van der Waals surface area (Å²) in [5, 5.41) is 13.6. The number of rotatable bonds is 8. The summed E-state index contributed by atoms with van der Waals surface area (Å²) in [5.41, 5.74) is -0.825. The number of carbonyl (C=O) groups is 3. The maximum Gasteiger partial charge on any atom is 0.345 e. The van der Waals surface area contributed by atoms with Gasteiger partial charge in [-0.1, -0.05) is 11.6 Å². The highest BCUT2D eigenvalue weighted by Crippen LogP contribution is 2.23. The van der Waals surface area contributed by atoms with Gasteiger partial charge in [0.05, 0.1) is 11.5 Å². The maximum absolute atomic E-state index is 12.0. The third-order valence-electron chi connectivity index (χ3n) is 3.15. The minimum Gasteiger partial charge on any atom is -0.452 e. The van der Waals surface area contributed by atoms with Gasteiger partial charge < -0.3 is 15.0 Å². The molecule has 1 rings (SSSR count). The molecule has 2 amide bonds. The summed E-state index contributed by atoms with van der Waals surface area (Å²) in [6, 6.07) is 3.48. The topological polar surface area (TPSA) is 119 Å². The van der Waals surface area contributed by atoms with Crippen LogP contribution in [-0.4, -0.2) is 53.8 Å². The highest BCUT2D eigenvalue weighted by molar-refractivity contribution is 6.31. The van der Waals surface area contributed by atoms with Crippen molar-refractivity contribution in [1.29, 1.82) is 0 Å². The van der Waals surface area contributed by atoms with Crippen LogP contribution in [0.25, 0.3) is 0 Å². The van der Waals surface area contributed by atoms with E-state index in [4.69, 9.17) is 16.3 Å².